The van der Waals surface area contributed by atoms with Crippen molar-refractivity contribution in [2.45, 2.75) is 45.1 Å². The van der Waals surface area contributed by atoms with Gasteiger partial charge in [0, 0.05) is 24.8 Å². The first-order chi connectivity index (χ1) is 9.08. The summed E-state index contributed by atoms with van der Waals surface area (Å²) in [6.07, 6.45) is 5.94. The van der Waals surface area contributed by atoms with Gasteiger partial charge < -0.3 is 10.0 Å². The van der Waals surface area contributed by atoms with Gasteiger partial charge in [0.2, 0.25) is 0 Å². The molecule has 0 amide bonds. The molecule has 0 heterocycles. The molecule has 1 atom stereocenters. The second-order valence-electron chi connectivity index (χ2n) is 5.76. The van der Waals surface area contributed by atoms with E-state index in [-0.39, 0.29) is 5.82 Å². The van der Waals surface area contributed by atoms with E-state index in [0.29, 0.717) is 5.56 Å². The van der Waals surface area contributed by atoms with Crippen LogP contribution in [0.1, 0.15) is 50.7 Å². The van der Waals surface area contributed by atoms with E-state index in [9.17, 15) is 9.50 Å². The maximum Gasteiger partial charge on any atom is 0.123 e. The van der Waals surface area contributed by atoms with Gasteiger partial charge in [-0.05, 0) is 43.9 Å². The van der Waals surface area contributed by atoms with Gasteiger partial charge in [-0.25, -0.2) is 4.39 Å². The normalized spacial score (nSPS) is 18.3. The second-order valence-corrected chi connectivity index (χ2v) is 5.76. The predicted octanol–water partition coefficient (Wildman–Crippen LogP) is 3.90. The lowest BCUT2D eigenvalue weighted by Gasteiger charge is -2.30. The molecule has 106 valence electrons. The van der Waals surface area contributed by atoms with Gasteiger partial charge in [0.25, 0.3) is 0 Å². The van der Waals surface area contributed by atoms with Crippen molar-refractivity contribution in [2.75, 3.05) is 18.5 Å². The van der Waals surface area contributed by atoms with Crippen LogP contribution >= 0.6 is 0 Å². The van der Waals surface area contributed by atoms with Gasteiger partial charge in [0.1, 0.15) is 5.82 Å². The second kappa shape index (κ2) is 6.38. The zero-order valence-electron chi connectivity index (χ0n) is 11.9. The average molecular weight is 265 g/mol. The summed E-state index contributed by atoms with van der Waals surface area (Å²) in [4.78, 5) is 2.16. The minimum atomic E-state index is -0.639. The number of halogens is 1. The van der Waals surface area contributed by atoms with Gasteiger partial charge in [-0.1, -0.05) is 19.3 Å². The SMILES string of the molecule is C[C@H](O)c1cc(F)ccc1N(C)CC1CCCCC1. The van der Waals surface area contributed by atoms with Crippen LogP contribution in [0.3, 0.4) is 0 Å². The number of benzene rings is 1. The van der Waals surface area contributed by atoms with Crippen molar-refractivity contribution in [2.24, 2.45) is 5.92 Å². The third-order valence-corrected chi connectivity index (χ3v) is 4.11. The van der Waals surface area contributed by atoms with E-state index in [2.05, 4.69) is 4.90 Å². The number of anilines is 1. The van der Waals surface area contributed by atoms with Crippen molar-refractivity contribution >= 4 is 5.69 Å². The number of hydrogen-bond donors (Lipinski definition) is 1. The molecule has 0 aromatic heterocycles. The highest BCUT2D eigenvalue weighted by Crippen LogP contribution is 2.30. The van der Waals surface area contributed by atoms with Crippen molar-refractivity contribution in [3.05, 3.63) is 29.6 Å². The Morgan fingerprint density at radius 2 is 2.00 bits per heavy atom. The topological polar surface area (TPSA) is 23.5 Å². The molecule has 2 nitrogen and oxygen atoms in total. The van der Waals surface area contributed by atoms with Gasteiger partial charge in [0.05, 0.1) is 6.10 Å². The predicted molar refractivity (Wildman–Crippen MR) is 76.9 cm³/mol. The van der Waals surface area contributed by atoms with E-state index in [0.717, 1.165) is 18.2 Å². The van der Waals surface area contributed by atoms with Crippen molar-refractivity contribution in [3.8, 4) is 0 Å². The zero-order chi connectivity index (χ0) is 13.8. The van der Waals surface area contributed by atoms with Crippen LogP contribution in [-0.2, 0) is 0 Å². The van der Waals surface area contributed by atoms with Crippen LogP contribution in [0.5, 0.6) is 0 Å². The smallest absolute Gasteiger partial charge is 0.123 e. The van der Waals surface area contributed by atoms with Gasteiger partial charge in [-0.3, -0.25) is 0 Å². The van der Waals surface area contributed by atoms with E-state index in [1.165, 1.54) is 44.2 Å². The lowest BCUT2D eigenvalue weighted by Crippen LogP contribution is -2.27. The van der Waals surface area contributed by atoms with E-state index in [4.69, 9.17) is 0 Å². The first-order valence-corrected chi connectivity index (χ1v) is 7.26. The molecule has 1 aliphatic carbocycles. The van der Waals surface area contributed by atoms with Gasteiger partial charge in [-0.2, -0.15) is 0 Å². The van der Waals surface area contributed by atoms with Crippen LogP contribution < -0.4 is 4.90 Å². The van der Waals surface area contributed by atoms with E-state index in [1.807, 2.05) is 7.05 Å². The minimum absolute atomic E-state index is 0.286. The Morgan fingerprint density at radius 1 is 1.32 bits per heavy atom. The summed E-state index contributed by atoms with van der Waals surface area (Å²) in [6, 6.07) is 4.69. The summed E-state index contributed by atoms with van der Waals surface area (Å²) in [6.45, 7) is 2.68. The molecule has 1 saturated carbocycles. The van der Waals surface area contributed by atoms with E-state index >= 15 is 0 Å². The zero-order valence-corrected chi connectivity index (χ0v) is 11.9. The minimum Gasteiger partial charge on any atom is -0.389 e. The summed E-state index contributed by atoms with van der Waals surface area (Å²) in [5.74, 6) is 0.441. The fraction of sp³-hybridized carbons (Fsp3) is 0.625. The Hall–Kier alpha value is -1.09. The van der Waals surface area contributed by atoms with E-state index in [1.54, 1.807) is 13.0 Å². The van der Waals surface area contributed by atoms with Crippen LogP contribution in [0.15, 0.2) is 18.2 Å². The van der Waals surface area contributed by atoms with E-state index < -0.39 is 6.10 Å². The lowest BCUT2D eigenvalue weighted by molar-refractivity contribution is 0.199. The summed E-state index contributed by atoms with van der Waals surface area (Å²) >= 11 is 0. The number of aliphatic hydroxyl groups excluding tert-OH is 1. The average Bonchev–Trinajstić information content (AvgIpc) is 2.39. The third-order valence-electron chi connectivity index (χ3n) is 4.11. The number of aliphatic hydroxyl groups is 1. The highest BCUT2D eigenvalue weighted by atomic mass is 19.1. The Kier molecular flexibility index (Phi) is 4.81. The van der Waals surface area contributed by atoms with Crippen LogP contribution in [0, 0.1) is 11.7 Å². The maximum absolute atomic E-state index is 13.3. The first kappa shape index (κ1) is 14.3. The summed E-state index contributed by atoms with van der Waals surface area (Å²) in [7, 11) is 2.04. The Balaban J connectivity index is 2.11. The first-order valence-electron chi connectivity index (χ1n) is 7.26. The molecule has 1 N–H and O–H groups in total. The highest BCUT2D eigenvalue weighted by Gasteiger charge is 2.18. The molecule has 1 aromatic rings. The quantitative estimate of drug-likeness (QED) is 0.892. The number of nitrogens with zero attached hydrogens (tertiary/aromatic N) is 1. The molecular formula is C16H24FNO. The number of rotatable bonds is 4. The van der Waals surface area contributed by atoms with Crippen LogP contribution in [0.2, 0.25) is 0 Å². The maximum atomic E-state index is 13.3. The molecule has 1 aromatic carbocycles. The fourth-order valence-electron chi connectivity index (χ4n) is 3.06. The molecule has 0 unspecified atom stereocenters. The summed E-state index contributed by atoms with van der Waals surface area (Å²) < 4.78 is 13.3. The molecule has 1 aliphatic rings. The van der Waals surface area contributed by atoms with Gasteiger partial charge >= 0.3 is 0 Å². The van der Waals surface area contributed by atoms with Crippen molar-refractivity contribution in [3.63, 3.8) is 0 Å². The van der Waals surface area contributed by atoms with Crippen LogP contribution in [0.25, 0.3) is 0 Å². The highest BCUT2D eigenvalue weighted by molar-refractivity contribution is 5.54. The molecule has 0 spiro atoms. The Labute approximate surface area is 115 Å². The molecule has 2 rings (SSSR count). The van der Waals surface area contributed by atoms with Crippen molar-refractivity contribution < 1.29 is 9.50 Å². The third kappa shape index (κ3) is 3.69. The van der Waals surface area contributed by atoms with Gasteiger partial charge in [0.15, 0.2) is 0 Å². The van der Waals surface area contributed by atoms with Crippen LogP contribution in [-0.4, -0.2) is 18.7 Å². The molecular weight excluding hydrogens is 241 g/mol. The molecule has 19 heavy (non-hydrogen) atoms. The molecule has 3 heteroatoms. The molecule has 0 radical (unpaired) electrons. The molecule has 1 fully saturated rings. The lowest BCUT2D eigenvalue weighted by atomic mass is 9.89. The number of hydrogen-bond acceptors (Lipinski definition) is 2. The monoisotopic (exact) mass is 265 g/mol. The Bertz CT molecular complexity index is 413. The van der Waals surface area contributed by atoms with Crippen molar-refractivity contribution in [1.82, 2.24) is 0 Å². The molecule has 0 aliphatic heterocycles. The molecule has 0 saturated heterocycles. The summed E-state index contributed by atoms with van der Waals surface area (Å²) in [5.41, 5.74) is 1.63. The van der Waals surface area contributed by atoms with Gasteiger partial charge in [-0.15, -0.1) is 0 Å². The van der Waals surface area contributed by atoms with Crippen LogP contribution in [0.4, 0.5) is 10.1 Å². The summed E-state index contributed by atoms with van der Waals surface area (Å²) in [5, 5.41) is 9.79. The Morgan fingerprint density at radius 3 is 2.63 bits per heavy atom. The fourth-order valence-corrected chi connectivity index (χ4v) is 3.06. The van der Waals surface area contributed by atoms with Crippen molar-refractivity contribution in [1.29, 1.82) is 0 Å². The standard InChI is InChI=1S/C16H24FNO/c1-12(19)15-10-14(17)8-9-16(15)18(2)11-13-6-4-3-5-7-13/h8-10,12-13,19H,3-7,11H2,1-2H3/t12-/m0/s1. The largest absolute Gasteiger partial charge is 0.389 e. The molecule has 0 bridgehead atoms.